The monoisotopic (exact) mass is 571 g/mol. The van der Waals surface area contributed by atoms with E-state index in [4.69, 9.17) is 11.6 Å². The predicted octanol–water partition coefficient (Wildman–Crippen LogP) is 7.02. The van der Waals surface area contributed by atoms with Crippen molar-refractivity contribution < 1.29 is 9.59 Å². The molecule has 0 saturated heterocycles. The Labute approximate surface area is 228 Å². The normalized spacial score (nSPS) is 10.9. The van der Waals surface area contributed by atoms with Crippen LogP contribution in [0.4, 0.5) is 0 Å². The minimum Gasteiger partial charge on any atom is -0.345 e. The molecule has 0 atom stereocenters. The second-order valence-electron chi connectivity index (χ2n) is 9.01. The molecule has 0 saturated carbocycles. The molecular weight excluding hydrogens is 538 g/mol. The Balaban J connectivity index is 1.75. The molecule has 0 fully saturated rings. The molecule has 0 aliphatic carbocycles. The summed E-state index contributed by atoms with van der Waals surface area (Å²) in [6.07, 6.45) is 5.73. The van der Waals surface area contributed by atoms with Gasteiger partial charge in [0, 0.05) is 46.6 Å². The average molecular weight is 573 g/mol. The van der Waals surface area contributed by atoms with Crippen molar-refractivity contribution in [1.82, 2.24) is 14.4 Å². The van der Waals surface area contributed by atoms with E-state index in [0.717, 1.165) is 42.4 Å². The van der Waals surface area contributed by atoms with Crippen molar-refractivity contribution in [3.8, 4) is 0 Å². The van der Waals surface area contributed by atoms with Gasteiger partial charge < -0.3 is 14.4 Å². The molecule has 0 radical (unpaired) electrons. The van der Waals surface area contributed by atoms with Crippen molar-refractivity contribution >= 4 is 39.3 Å². The maximum atomic E-state index is 13.6. The summed E-state index contributed by atoms with van der Waals surface area (Å²) in [5.74, 6) is -0.195. The van der Waals surface area contributed by atoms with Gasteiger partial charge in [-0.2, -0.15) is 0 Å². The Kier molecular flexibility index (Phi) is 11.1. The van der Waals surface area contributed by atoms with Gasteiger partial charge in [0.25, 0.3) is 5.91 Å². The van der Waals surface area contributed by atoms with Crippen LogP contribution in [-0.4, -0.2) is 45.8 Å². The van der Waals surface area contributed by atoms with E-state index in [0.29, 0.717) is 30.2 Å². The van der Waals surface area contributed by atoms with E-state index < -0.39 is 0 Å². The van der Waals surface area contributed by atoms with E-state index in [9.17, 15) is 9.59 Å². The van der Waals surface area contributed by atoms with Crippen LogP contribution in [0.5, 0.6) is 0 Å². The third kappa shape index (κ3) is 8.24. The highest BCUT2D eigenvalue weighted by Crippen LogP contribution is 2.17. The summed E-state index contributed by atoms with van der Waals surface area (Å²) in [6.45, 7) is 6.70. The van der Waals surface area contributed by atoms with Crippen molar-refractivity contribution in [1.29, 1.82) is 0 Å². The molecule has 5 nitrogen and oxygen atoms in total. The van der Waals surface area contributed by atoms with Crippen LogP contribution in [0.15, 0.2) is 71.3 Å². The fourth-order valence-electron chi connectivity index (χ4n) is 4.04. The number of benzene rings is 2. The van der Waals surface area contributed by atoms with Crippen LogP contribution >= 0.6 is 27.5 Å². The first-order valence-corrected chi connectivity index (χ1v) is 13.8. The van der Waals surface area contributed by atoms with Crippen LogP contribution in [0.1, 0.15) is 61.1 Å². The maximum Gasteiger partial charge on any atom is 0.254 e. The van der Waals surface area contributed by atoms with Gasteiger partial charge in [-0.3, -0.25) is 9.59 Å². The summed E-state index contributed by atoms with van der Waals surface area (Å²) >= 11 is 9.61. The summed E-state index contributed by atoms with van der Waals surface area (Å²) < 4.78 is 3.23. The van der Waals surface area contributed by atoms with Crippen molar-refractivity contribution in [2.45, 2.75) is 52.6 Å². The van der Waals surface area contributed by atoms with Crippen molar-refractivity contribution in [2.24, 2.45) is 0 Å². The maximum absolute atomic E-state index is 13.6. The van der Waals surface area contributed by atoms with Crippen LogP contribution in [0, 0.1) is 0 Å². The lowest BCUT2D eigenvalue weighted by Crippen LogP contribution is -2.43. The Morgan fingerprint density at radius 2 is 1.61 bits per heavy atom. The number of halogens is 2. The first-order valence-electron chi connectivity index (χ1n) is 12.6. The summed E-state index contributed by atoms with van der Waals surface area (Å²) in [7, 11) is 0. The molecule has 0 bridgehead atoms. The topological polar surface area (TPSA) is 45.6 Å². The first kappa shape index (κ1) is 28.0. The largest absolute Gasteiger partial charge is 0.345 e. The van der Waals surface area contributed by atoms with E-state index >= 15 is 0 Å². The van der Waals surface area contributed by atoms with Gasteiger partial charge in [0.15, 0.2) is 0 Å². The molecular formula is C29H35BrClN3O2. The van der Waals surface area contributed by atoms with Crippen LogP contribution in [0.3, 0.4) is 0 Å². The molecule has 0 N–H and O–H groups in total. The summed E-state index contributed by atoms with van der Waals surface area (Å²) in [6, 6.07) is 19.3. The summed E-state index contributed by atoms with van der Waals surface area (Å²) in [5.41, 5.74) is 2.78. The summed E-state index contributed by atoms with van der Waals surface area (Å²) in [5, 5.41) is 0.513. The van der Waals surface area contributed by atoms with E-state index in [1.54, 1.807) is 29.2 Å². The number of hydrogen-bond donors (Lipinski definition) is 0. The van der Waals surface area contributed by atoms with Gasteiger partial charge in [-0.1, -0.05) is 72.4 Å². The van der Waals surface area contributed by atoms with Crippen LogP contribution in [-0.2, 0) is 17.9 Å². The lowest BCUT2D eigenvalue weighted by molar-refractivity contribution is -0.132. The zero-order valence-electron chi connectivity index (χ0n) is 21.1. The van der Waals surface area contributed by atoms with Gasteiger partial charge in [0.05, 0.1) is 6.54 Å². The molecule has 1 aromatic heterocycles. The average Bonchev–Trinajstić information content (AvgIpc) is 3.31. The minimum atomic E-state index is -0.159. The number of carbonyl (C=O) groups is 2. The molecule has 0 aliphatic rings. The molecule has 0 aliphatic heterocycles. The number of nitrogens with zero attached hydrogens (tertiary/aromatic N) is 3. The zero-order valence-corrected chi connectivity index (χ0v) is 23.5. The van der Waals surface area contributed by atoms with Gasteiger partial charge >= 0.3 is 0 Å². The number of aromatic nitrogens is 1. The molecule has 3 aromatic rings. The number of amides is 2. The fraction of sp³-hybridized carbons (Fsp3) is 0.379. The first-order chi connectivity index (χ1) is 17.4. The molecule has 1 heterocycles. The van der Waals surface area contributed by atoms with Crippen molar-refractivity contribution in [3.05, 3.63) is 93.2 Å². The molecule has 3 rings (SSSR count). The van der Waals surface area contributed by atoms with Crippen molar-refractivity contribution in [3.63, 3.8) is 0 Å². The molecule has 36 heavy (non-hydrogen) atoms. The zero-order chi connectivity index (χ0) is 25.9. The van der Waals surface area contributed by atoms with E-state index in [-0.39, 0.29) is 18.4 Å². The Morgan fingerprint density at radius 1 is 0.917 bits per heavy atom. The van der Waals surface area contributed by atoms with E-state index in [1.165, 1.54) is 5.56 Å². The lowest BCUT2D eigenvalue weighted by Gasteiger charge is -2.28. The molecule has 2 amide bonds. The second-order valence-corrected chi connectivity index (χ2v) is 10.4. The smallest absolute Gasteiger partial charge is 0.254 e. The fourth-order valence-corrected chi connectivity index (χ4v) is 4.49. The van der Waals surface area contributed by atoms with Crippen LogP contribution < -0.4 is 0 Å². The summed E-state index contributed by atoms with van der Waals surface area (Å²) in [4.78, 5) is 30.4. The number of hydrogen-bond acceptors (Lipinski definition) is 2. The molecule has 0 spiro atoms. The number of carbonyl (C=O) groups excluding carboxylic acids is 2. The highest BCUT2D eigenvalue weighted by atomic mass is 79.9. The third-order valence-electron chi connectivity index (χ3n) is 6.14. The molecule has 192 valence electrons. The SMILES string of the molecule is CCCCN(Cc1cccn1Cc1ccc(Br)cc1)C(=O)CN(CCCC)C(=O)c1cccc(Cl)c1. The number of unbranched alkanes of at least 4 members (excludes halogenated alkanes) is 2. The molecule has 7 heteroatoms. The Bertz CT molecular complexity index is 1130. The van der Waals surface area contributed by atoms with Gasteiger partial charge in [-0.05, 0) is 60.9 Å². The Hall–Kier alpha value is -2.57. The highest BCUT2D eigenvalue weighted by Gasteiger charge is 2.23. The molecule has 0 unspecified atom stereocenters. The molecule has 2 aromatic carbocycles. The highest BCUT2D eigenvalue weighted by molar-refractivity contribution is 9.10. The van der Waals surface area contributed by atoms with Gasteiger partial charge in [0.2, 0.25) is 5.91 Å². The predicted molar refractivity (Wildman–Crippen MR) is 150 cm³/mol. The van der Waals surface area contributed by atoms with Gasteiger partial charge in [-0.15, -0.1) is 0 Å². The minimum absolute atomic E-state index is 0.0358. The second kappa shape index (κ2) is 14.2. The van der Waals surface area contributed by atoms with Crippen molar-refractivity contribution in [2.75, 3.05) is 19.6 Å². The Morgan fingerprint density at radius 3 is 2.28 bits per heavy atom. The van der Waals surface area contributed by atoms with Gasteiger partial charge in [-0.25, -0.2) is 0 Å². The standard InChI is InChI=1S/C29H35BrClN3O2/c1-3-5-16-33(21-27-11-8-18-32(27)20-23-12-14-25(30)15-13-23)28(35)22-34(17-6-4-2)29(36)24-9-7-10-26(31)19-24/h7-15,18-19H,3-6,16-17,20-22H2,1-2H3. The quantitative estimate of drug-likeness (QED) is 0.221. The van der Waals surface area contributed by atoms with E-state index in [2.05, 4.69) is 58.7 Å². The number of rotatable bonds is 13. The van der Waals surface area contributed by atoms with Crippen LogP contribution in [0.25, 0.3) is 0 Å². The van der Waals surface area contributed by atoms with Crippen LogP contribution in [0.2, 0.25) is 5.02 Å². The van der Waals surface area contributed by atoms with E-state index in [1.807, 2.05) is 23.1 Å². The third-order valence-corrected chi connectivity index (χ3v) is 6.91. The lowest BCUT2D eigenvalue weighted by atomic mass is 10.2. The van der Waals surface area contributed by atoms with Gasteiger partial charge in [0.1, 0.15) is 6.54 Å².